The van der Waals surface area contributed by atoms with Crippen LogP contribution >= 0.6 is 0 Å². The second-order valence-electron chi connectivity index (χ2n) is 5.33. The first kappa shape index (κ1) is 16.0. The summed E-state index contributed by atoms with van der Waals surface area (Å²) in [6.45, 7) is 7.26. The van der Waals surface area contributed by atoms with Crippen molar-refractivity contribution in [3.05, 3.63) is 0 Å². The summed E-state index contributed by atoms with van der Waals surface area (Å²) in [4.78, 5) is 27.7. The number of nitrogens with zero attached hydrogens (tertiary/aromatic N) is 2. The monoisotopic (exact) mass is 270 g/mol. The number of carbonyl (C=O) groups excluding carboxylic acids is 2. The molecule has 0 N–H and O–H groups in total. The van der Waals surface area contributed by atoms with E-state index in [0.717, 1.165) is 25.8 Å². The predicted molar refractivity (Wildman–Crippen MR) is 73.8 cm³/mol. The zero-order chi connectivity index (χ0) is 14.4. The fourth-order valence-electron chi connectivity index (χ4n) is 2.26. The van der Waals surface area contributed by atoms with E-state index in [9.17, 15) is 9.59 Å². The van der Waals surface area contributed by atoms with Crippen LogP contribution in [0.15, 0.2) is 0 Å². The highest BCUT2D eigenvalue weighted by molar-refractivity contribution is 5.80. The lowest BCUT2D eigenvalue weighted by Crippen LogP contribution is -2.50. The van der Waals surface area contributed by atoms with Crippen molar-refractivity contribution >= 4 is 11.9 Å². The molecule has 1 atom stereocenters. The number of hydrogen-bond acceptors (Lipinski definition) is 4. The van der Waals surface area contributed by atoms with Crippen LogP contribution in [0.4, 0.5) is 0 Å². The van der Waals surface area contributed by atoms with Crippen LogP contribution < -0.4 is 0 Å². The smallest absolute Gasteiger partial charge is 0.323 e. The summed E-state index contributed by atoms with van der Waals surface area (Å²) in [7, 11) is 1.80. The van der Waals surface area contributed by atoms with Gasteiger partial charge in [-0.3, -0.25) is 14.5 Å². The van der Waals surface area contributed by atoms with Gasteiger partial charge in [-0.25, -0.2) is 0 Å². The molecule has 0 spiro atoms. The van der Waals surface area contributed by atoms with Crippen molar-refractivity contribution in [2.45, 2.75) is 52.1 Å². The lowest BCUT2D eigenvalue weighted by atomic mass is 10.0. The first-order valence-corrected chi connectivity index (χ1v) is 7.13. The number of likely N-dealkylation sites (N-methyl/N-ethyl adjacent to an activating group) is 1. The lowest BCUT2D eigenvalue weighted by molar-refractivity contribution is -0.152. The van der Waals surface area contributed by atoms with Crippen molar-refractivity contribution in [1.29, 1.82) is 0 Å². The largest absolute Gasteiger partial charge is 0.465 e. The number of ether oxygens (including phenoxy) is 1. The molecule has 0 saturated carbocycles. The van der Waals surface area contributed by atoms with Crippen LogP contribution in [0.25, 0.3) is 0 Å². The van der Waals surface area contributed by atoms with Gasteiger partial charge >= 0.3 is 5.97 Å². The quantitative estimate of drug-likeness (QED) is 0.706. The Labute approximate surface area is 115 Å². The molecule has 1 rings (SSSR count). The van der Waals surface area contributed by atoms with Gasteiger partial charge in [0.25, 0.3) is 0 Å². The Balaban J connectivity index is 2.62. The van der Waals surface area contributed by atoms with Crippen LogP contribution in [0, 0.1) is 0 Å². The Kier molecular flexibility index (Phi) is 6.28. The second kappa shape index (κ2) is 7.48. The Bertz CT molecular complexity index is 318. The van der Waals surface area contributed by atoms with E-state index in [1.807, 2.05) is 25.7 Å². The van der Waals surface area contributed by atoms with Gasteiger partial charge in [0.05, 0.1) is 13.2 Å². The van der Waals surface area contributed by atoms with Crippen LogP contribution in [0.2, 0.25) is 0 Å². The lowest BCUT2D eigenvalue weighted by Gasteiger charge is -2.34. The topological polar surface area (TPSA) is 49.9 Å². The number of carbonyl (C=O) groups is 2. The van der Waals surface area contributed by atoms with Crippen molar-refractivity contribution < 1.29 is 14.3 Å². The summed E-state index contributed by atoms with van der Waals surface area (Å²) >= 11 is 0. The van der Waals surface area contributed by atoms with Crippen molar-refractivity contribution in [2.75, 3.05) is 26.7 Å². The molecule has 1 aliphatic rings. The molecule has 1 unspecified atom stereocenters. The van der Waals surface area contributed by atoms with Crippen LogP contribution in [0.5, 0.6) is 0 Å². The summed E-state index contributed by atoms with van der Waals surface area (Å²) in [5, 5.41) is 0. The molecule has 19 heavy (non-hydrogen) atoms. The molecule has 1 saturated heterocycles. The van der Waals surface area contributed by atoms with E-state index >= 15 is 0 Å². The summed E-state index contributed by atoms with van der Waals surface area (Å²) in [5.41, 5.74) is 0. The number of rotatable bonds is 5. The van der Waals surface area contributed by atoms with Gasteiger partial charge in [0.2, 0.25) is 5.91 Å². The van der Waals surface area contributed by atoms with Crippen molar-refractivity contribution in [3.8, 4) is 0 Å². The van der Waals surface area contributed by atoms with Crippen LogP contribution in [0.1, 0.15) is 40.0 Å². The molecular weight excluding hydrogens is 244 g/mol. The van der Waals surface area contributed by atoms with E-state index in [0.29, 0.717) is 13.2 Å². The molecule has 0 radical (unpaired) electrons. The molecule has 0 bridgehead atoms. The third-order valence-corrected chi connectivity index (χ3v) is 3.68. The van der Waals surface area contributed by atoms with E-state index in [4.69, 9.17) is 4.74 Å². The molecule has 0 aliphatic carbocycles. The molecule has 0 aromatic carbocycles. The SMILES string of the molecule is CCOC(=O)C1CCCCN1CC(=O)N(C)C(C)C. The third-order valence-electron chi connectivity index (χ3n) is 3.68. The fraction of sp³-hybridized carbons (Fsp3) is 0.857. The maximum Gasteiger partial charge on any atom is 0.323 e. The first-order chi connectivity index (χ1) is 8.97. The summed E-state index contributed by atoms with van der Waals surface area (Å²) in [5.74, 6) is -0.131. The average molecular weight is 270 g/mol. The van der Waals surface area contributed by atoms with E-state index in [2.05, 4.69) is 0 Å². The first-order valence-electron chi connectivity index (χ1n) is 7.13. The minimum atomic E-state index is -0.252. The maximum atomic E-state index is 12.1. The predicted octanol–water partition coefficient (Wildman–Crippen LogP) is 1.27. The number of hydrogen-bond donors (Lipinski definition) is 0. The normalized spacial score (nSPS) is 20.4. The molecule has 1 heterocycles. The Morgan fingerprint density at radius 1 is 1.37 bits per heavy atom. The van der Waals surface area contributed by atoms with Gasteiger partial charge in [-0.1, -0.05) is 6.42 Å². The number of amides is 1. The van der Waals surface area contributed by atoms with Crippen LogP contribution in [-0.2, 0) is 14.3 Å². The van der Waals surface area contributed by atoms with Crippen molar-refractivity contribution in [3.63, 3.8) is 0 Å². The number of esters is 1. The molecule has 5 nitrogen and oxygen atoms in total. The van der Waals surface area contributed by atoms with Gasteiger partial charge < -0.3 is 9.64 Å². The van der Waals surface area contributed by atoms with Crippen molar-refractivity contribution in [2.24, 2.45) is 0 Å². The van der Waals surface area contributed by atoms with Gasteiger partial charge in [-0.15, -0.1) is 0 Å². The molecule has 1 amide bonds. The molecule has 0 aromatic heterocycles. The summed E-state index contributed by atoms with van der Waals surface area (Å²) in [6.07, 6.45) is 2.85. The van der Waals surface area contributed by atoms with Gasteiger partial charge in [0.1, 0.15) is 6.04 Å². The molecule has 0 aromatic rings. The van der Waals surface area contributed by atoms with E-state index in [-0.39, 0.29) is 24.0 Å². The Morgan fingerprint density at radius 2 is 2.05 bits per heavy atom. The third kappa shape index (κ3) is 4.49. The van der Waals surface area contributed by atoms with Gasteiger partial charge in [-0.2, -0.15) is 0 Å². The van der Waals surface area contributed by atoms with E-state index < -0.39 is 0 Å². The number of piperidine rings is 1. The number of likely N-dealkylation sites (tertiary alicyclic amines) is 1. The van der Waals surface area contributed by atoms with Crippen LogP contribution in [-0.4, -0.2) is 60.5 Å². The molecule has 5 heteroatoms. The molecule has 1 fully saturated rings. The highest BCUT2D eigenvalue weighted by Gasteiger charge is 2.31. The summed E-state index contributed by atoms with van der Waals surface area (Å²) < 4.78 is 5.10. The molecule has 1 aliphatic heterocycles. The van der Waals surface area contributed by atoms with Gasteiger partial charge in [0, 0.05) is 13.1 Å². The standard InChI is InChI=1S/C14H26N2O3/c1-5-19-14(18)12-8-6-7-9-16(12)10-13(17)15(4)11(2)3/h11-12H,5-10H2,1-4H3. The maximum absolute atomic E-state index is 12.1. The summed E-state index contributed by atoms with van der Waals surface area (Å²) in [6, 6.07) is -0.0726. The van der Waals surface area contributed by atoms with E-state index in [1.54, 1.807) is 11.9 Å². The minimum absolute atomic E-state index is 0.0613. The highest BCUT2D eigenvalue weighted by atomic mass is 16.5. The van der Waals surface area contributed by atoms with E-state index in [1.165, 1.54) is 0 Å². The van der Waals surface area contributed by atoms with Gasteiger partial charge in [-0.05, 0) is 40.2 Å². The van der Waals surface area contributed by atoms with Crippen molar-refractivity contribution in [1.82, 2.24) is 9.80 Å². The highest BCUT2D eigenvalue weighted by Crippen LogP contribution is 2.18. The van der Waals surface area contributed by atoms with Crippen LogP contribution in [0.3, 0.4) is 0 Å². The van der Waals surface area contributed by atoms with Gasteiger partial charge in [0.15, 0.2) is 0 Å². The molecule has 110 valence electrons. The molecular formula is C14H26N2O3. The Morgan fingerprint density at radius 3 is 2.63 bits per heavy atom. The zero-order valence-corrected chi connectivity index (χ0v) is 12.5. The minimum Gasteiger partial charge on any atom is -0.465 e. The fourth-order valence-corrected chi connectivity index (χ4v) is 2.26. The Hall–Kier alpha value is -1.10. The average Bonchev–Trinajstić information content (AvgIpc) is 2.38. The second-order valence-corrected chi connectivity index (χ2v) is 5.33. The zero-order valence-electron chi connectivity index (χ0n) is 12.5.